The highest BCUT2D eigenvalue weighted by Crippen LogP contribution is 2.27. The first kappa shape index (κ1) is 28.0. The quantitative estimate of drug-likeness (QED) is 0.430. The van der Waals surface area contributed by atoms with Crippen molar-refractivity contribution < 1.29 is 19.1 Å². The lowest BCUT2D eigenvalue weighted by Crippen LogP contribution is -2.46. The zero-order chi connectivity index (χ0) is 26.4. The lowest BCUT2D eigenvalue weighted by molar-refractivity contribution is 0.000717. The van der Waals surface area contributed by atoms with Crippen LogP contribution in [-0.2, 0) is 15.9 Å². The number of amides is 2. The van der Waals surface area contributed by atoms with Gasteiger partial charge in [0.25, 0.3) is 0 Å². The average Bonchev–Trinajstić information content (AvgIpc) is 2.68. The van der Waals surface area contributed by atoms with Gasteiger partial charge in [-0.25, -0.2) is 14.5 Å². The minimum atomic E-state index is -0.737. The van der Waals surface area contributed by atoms with Crippen molar-refractivity contribution in [3.05, 3.63) is 59.7 Å². The summed E-state index contributed by atoms with van der Waals surface area (Å²) in [6.45, 7) is 14.7. The third kappa shape index (κ3) is 9.89. The fourth-order valence-electron chi connectivity index (χ4n) is 3.36. The summed E-state index contributed by atoms with van der Waals surface area (Å²) in [6.07, 6.45) is -0.214. The summed E-state index contributed by atoms with van der Waals surface area (Å²) in [5.74, 6) is 0. The molecule has 0 fully saturated rings. The summed E-state index contributed by atoms with van der Waals surface area (Å²) in [5, 5.41) is 3.49. The van der Waals surface area contributed by atoms with Gasteiger partial charge in [0.1, 0.15) is 11.2 Å². The summed E-state index contributed by atoms with van der Waals surface area (Å²) in [4.78, 5) is 26.6. The van der Waals surface area contributed by atoms with Crippen LogP contribution in [0.3, 0.4) is 0 Å². The van der Waals surface area contributed by atoms with Crippen LogP contribution in [0.2, 0.25) is 0 Å². The van der Waals surface area contributed by atoms with Crippen molar-refractivity contribution in [1.82, 2.24) is 4.90 Å². The Morgan fingerprint density at radius 3 is 1.89 bits per heavy atom. The molecule has 0 bridgehead atoms. The molecule has 0 unspecified atom stereocenters. The van der Waals surface area contributed by atoms with E-state index in [0.29, 0.717) is 12.1 Å². The number of nitrogens with two attached hydrogens (primary N) is 1. The van der Waals surface area contributed by atoms with E-state index in [9.17, 15) is 9.59 Å². The molecule has 0 aliphatic heterocycles. The van der Waals surface area contributed by atoms with E-state index in [1.807, 2.05) is 50.2 Å². The van der Waals surface area contributed by atoms with E-state index in [4.69, 9.17) is 15.2 Å². The van der Waals surface area contributed by atoms with Crippen LogP contribution >= 0.6 is 0 Å². The van der Waals surface area contributed by atoms with Crippen LogP contribution in [0.5, 0.6) is 0 Å². The molecule has 2 amide bonds. The normalized spacial score (nSPS) is 12.1. The number of nitrogen functional groups attached to an aromatic ring is 1. The molecule has 7 heteroatoms. The van der Waals surface area contributed by atoms with Crippen molar-refractivity contribution in [2.45, 2.75) is 85.0 Å². The highest BCUT2D eigenvalue weighted by atomic mass is 16.6. The van der Waals surface area contributed by atoms with Gasteiger partial charge in [-0.15, -0.1) is 0 Å². The molecule has 192 valence electrons. The molecule has 2 aromatic carbocycles. The minimum Gasteiger partial charge on any atom is -0.443 e. The van der Waals surface area contributed by atoms with Gasteiger partial charge in [0.05, 0.1) is 11.4 Å². The van der Waals surface area contributed by atoms with Gasteiger partial charge in [-0.2, -0.15) is 0 Å². The maximum Gasteiger partial charge on any atom is 0.419 e. The van der Waals surface area contributed by atoms with Gasteiger partial charge in [-0.3, -0.25) is 0 Å². The summed E-state index contributed by atoms with van der Waals surface area (Å²) in [6, 6.07) is 16.2. The first-order valence-electron chi connectivity index (χ1n) is 12.0. The van der Waals surface area contributed by atoms with E-state index in [1.165, 1.54) is 5.56 Å². The molecule has 0 atom stereocenters. The molecular weight excluding hydrogens is 442 g/mol. The van der Waals surface area contributed by atoms with Gasteiger partial charge in [-0.1, -0.05) is 36.4 Å². The number of nitrogens with zero attached hydrogens (tertiary/aromatic N) is 1. The topological polar surface area (TPSA) is 93.9 Å². The fraction of sp³-hybridized carbons (Fsp3) is 0.500. The summed E-state index contributed by atoms with van der Waals surface area (Å²) >= 11 is 0. The summed E-state index contributed by atoms with van der Waals surface area (Å²) in [5.41, 5.74) is 8.09. The molecule has 2 rings (SSSR count). The molecule has 0 spiro atoms. The van der Waals surface area contributed by atoms with Gasteiger partial charge < -0.3 is 20.5 Å². The Morgan fingerprint density at radius 2 is 1.37 bits per heavy atom. The van der Waals surface area contributed by atoms with Crippen LogP contribution < -0.4 is 11.1 Å². The first-order chi connectivity index (χ1) is 16.0. The van der Waals surface area contributed by atoms with Crippen LogP contribution in [0.1, 0.15) is 72.9 Å². The fourth-order valence-corrected chi connectivity index (χ4v) is 3.36. The van der Waals surface area contributed by atoms with Gasteiger partial charge in [0, 0.05) is 12.1 Å². The van der Waals surface area contributed by atoms with Gasteiger partial charge in [-0.05, 0) is 91.5 Å². The Hall–Kier alpha value is -3.22. The minimum absolute atomic E-state index is 0.118. The number of nitrogens with one attached hydrogen (secondary N) is 1. The van der Waals surface area contributed by atoms with Crippen LogP contribution in [0.4, 0.5) is 21.0 Å². The molecule has 3 N–H and O–H groups in total. The summed E-state index contributed by atoms with van der Waals surface area (Å²) < 4.78 is 10.9. The van der Waals surface area contributed by atoms with Gasteiger partial charge in [0.2, 0.25) is 0 Å². The third-order valence-corrected chi connectivity index (χ3v) is 5.03. The molecule has 35 heavy (non-hydrogen) atoms. The third-order valence-electron chi connectivity index (χ3n) is 5.03. The van der Waals surface area contributed by atoms with Crippen molar-refractivity contribution in [2.75, 3.05) is 17.6 Å². The second-order valence-corrected chi connectivity index (χ2v) is 11.5. The van der Waals surface area contributed by atoms with Crippen LogP contribution in [0.15, 0.2) is 48.5 Å². The lowest BCUT2D eigenvalue weighted by atomic mass is 9.98. The number of ether oxygens (including phenoxy) is 2. The highest BCUT2D eigenvalue weighted by Gasteiger charge is 2.32. The van der Waals surface area contributed by atoms with Crippen molar-refractivity contribution in [3.63, 3.8) is 0 Å². The maximum atomic E-state index is 12.8. The first-order valence-corrected chi connectivity index (χ1v) is 12.0. The molecule has 0 saturated carbocycles. The number of carbonyl (C=O) groups excluding carboxylic acids is 2. The SMILES string of the molecule is CC(C)(CCN(C(=O)OC(C)(C)C)C(=O)OC(C)(C)C)Nc1cc(Cc2ccccc2)ccc1N. The predicted octanol–water partition coefficient (Wildman–Crippen LogP) is 6.61. The smallest absolute Gasteiger partial charge is 0.419 e. The zero-order valence-electron chi connectivity index (χ0n) is 22.4. The largest absolute Gasteiger partial charge is 0.443 e. The van der Waals surface area contributed by atoms with Gasteiger partial charge in [0.15, 0.2) is 0 Å². The molecule has 7 nitrogen and oxygen atoms in total. The van der Waals surface area contributed by atoms with E-state index < -0.39 is 28.9 Å². The second kappa shape index (κ2) is 11.0. The lowest BCUT2D eigenvalue weighted by Gasteiger charge is -2.32. The average molecular weight is 484 g/mol. The van der Waals surface area contributed by atoms with E-state index >= 15 is 0 Å². The molecule has 0 aliphatic rings. The number of imide groups is 1. The van der Waals surface area contributed by atoms with Crippen molar-refractivity contribution in [3.8, 4) is 0 Å². The van der Waals surface area contributed by atoms with Gasteiger partial charge >= 0.3 is 12.2 Å². The predicted molar refractivity (Wildman–Crippen MR) is 142 cm³/mol. The number of carbonyl (C=O) groups is 2. The van der Waals surface area contributed by atoms with E-state index in [2.05, 4.69) is 17.4 Å². The number of hydrogen-bond acceptors (Lipinski definition) is 6. The molecule has 2 aromatic rings. The number of rotatable bonds is 7. The van der Waals surface area contributed by atoms with E-state index in [1.54, 1.807) is 41.5 Å². The zero-order valence-corrected chi connectivity index (χ0v) is 22.4. The van der Waals surface area contributed by atoms with E-state index in [0.717, 1.165) is 22.6 Å². The van der Waals surface area contributed by atoms with Crippen molar-refractivity contribution in [2.24, 2.45) is 0 Å². The highest BCUT2D eigenvalue weighted by molar-refractivity contribution is 5.88. The monoisotopic (exact) mass is 483 g/mol. The Kier molecular flexibility index (Phi) is 8.82. The molecule has 0 aliphatic carbocycles. The van der Waals surface area contributed by atoms with Crippen LogP contribution in [0, 0.1) is 0 Å². The Labute approximate surface area is 210 Å². The molecule has 0 aromatic heterocycles. The number of benzene rings is 2. The Bertz CT molecular complexity index is 977. The van der Waals surface area contributed by atoms with E-state index in [-0.39, 0.29) is 6.54 Å². The summed E-state index contributed by atoms with van der Waals surface area (Å²) in [7, 11) is 0. The van der Waals surface area contributed by atoms with Crippen LogP contribution in [0.25, 0.3) is 0 Å². The molecular formula is C28H41N3O4. The molecule has 0 radical (unpaired) electrons. The molecule has 0 saturated heterocycles. The maximum absolute atomic E-state index is 12.8. The Morgan fingerprint density at radius 1 is 0.829 bits per heavy atom. The number of hydrogen-bond donors (Lipinski definition) is 2. The number of anilines is 2. The Balaban J connectivity index is 2.15. The standard InChI is InChI=1S/C28H41N3O4/c1-26(2,3)34-24(32)31(25(33)35-27(4,5)6)17-16-28(7,8)30-23-19-21(14-15-22(23)29)18-20-12-10-9-11-13-20/h9-15,19,30H,16-18,29H2,1-8H3. The molecule has 0 heterocycles. The van der Waals surface area contributed by atoms with Crippen molar-refractivity contribution in [1.29, 1.82) is 0 Å². The second-order valence-electron chi connectivity index (χ2n) is 11.5. The van der Waals surface area contributed by atoms with Crippen molar-refractivity contribution >= 4 is 23.6 Å². The van der Waals surface area contributed by atoms with Crippen LogP contribution in [-0.4, -0.2) is 40.4 Å².